The molecule has 0 heterocycles. The Labute approximate surface area is 135 Å². The highest BCUT2D eigenvalue weighted by atomic mass is 79.9. The first-order chi connectivity index (χ1) is 9.13. The molecule has 1 amide bonds. The van der Waals surface area contributed by atoms with Crippen LogP contribution >= 0.6 is 28.3 Å². The van der Waals surface area contributed by atoms with Gasteiger partial charge >= 0.3 is 0 Å². The standard InChI is InChI=1S/C14H21BrN2O2.ClH/c1-11-4-5-13(12(15)10-11)19-9-6-14(18)17-8-3-2-7-16;/h4-5,10H,2-3,6-9,16H2,1H3,(H,17,18);1H. The predicted molar refractivity (Wildman–Crippen MR) is 87.5 cm³/mol. The lowest BCUT2D eigenvalue weighted by molar-refractivity contribution is -0.121. The van der Waals surface area contributed by atoms with E-state index < -0.39 is 0 Å². The van der Waals surface area contributed by atoms with Crippen molar-refractivity contribution in [2.45, 2.75) is 26.2 Å². The van der Waals surface area contributed by atoms with Gasteiger partial charge in [0.05, 0.1) is 17.5 Å². The molecule has 0 aliphatic rings. The summed E-state index contributed by atoms with van der Waals surface area (Å²) in [5.41, 5.74) is 6.54. The van der Waals surface area contributed by atoms with Crippen LogP contribution in [0.4, 0.5) is 0 Å². The molecule has 114 valence electrons. The second kappa shape index (κ2) is 10.9. The summed E-state index contributed by atoms with van der Waals surface area (Å²) in [6.45, 7) is 3.75. The molecule has 20 heavy (non-hydrogen) atoms. The Hall–Kier alpha value is -0.780. The molecule has 4 nitrogen and oxygen atoms in total. The Morgan fingerprint density at radius 2 is 2.15 bits per heavy atom. The Morgan fingerprint density at radius 1 is 1.40 bits per heavy atom. The van der Waals surface area contributed by atoms with Crippen LogP contribution in [0.2, 0.25) is 0 Å². The minimum absolute atomic E-state index is 0. The molecular formula is C14H22BrClN2O2. The van der Waals surface area contributed by atoms with Gasteiger partial charge in [-0.05, 0) is 59.9 Å². The average molecular weight is 366 g/mol. The largest absolute Gasteiger partial charge is 0.492 e. The van der Waals surface area contributed by atoms with E-state index in [1.807, 2.05) is 25.1 Å². The lowest BCUT2D eigenvalue weighted by atomic mass is 10.2. The number of nitrogens with two attached hydrogens (primary N) is 1. The smallest absolute Gasteiger partial charge is 0.223 e. The van der Waals surface area contributed by atoms with Gasteiger partial charge in [0.15, 0.2) is 0 Å². The van der Waals surface area contributed by atoms with Gasteiger partial charge in [-0.3, -0.25) is 4.79 Å². The summed E-state index contributed by atoms with van der Waals surface area (Å²) in [7, 11) is 0. The Bertz CT molecular complexity index is 416. The minimum Gasteiger partial charge on any atom is -0.492 e. The summed E-state index contributed by atoms with van der Waals surface area (Å²) < 4.78 is 6.48. The molecule has 0 radical (unpaired) electrons. The van der Waals surface area contributed by atoms with Crippen LogP contribution < -0.4 is 15.8 Å². The van der Waals surface area contributed by atoms with Crippen molar-refractivity contribution in [1.29, 1.82) is 0 Å². The van der Waals surface area contributed by atoms with Crippen molar-refractivity contribution < 1.29 is 9.53 Å². The van der Waals surface area contributed by atoms with E-state index in [4.69, 9.17) is 10.5 Å². The maximum absolute atomic E-state index is 11.5. The summed E-state index contributed by atoms with van der Waals surface area (Å²) in [5.74, 6) is 0.779. The second-order valence-corrected chi connectivity index (χ2v) is 5.23. The third kappa shape index (κ3) is 7.72. The highest BCUT2D eigenvalue weighted by Crippen LogP contribution is 2.25. The quantitative estimate of drug-likeness (QED) is 0.696. The van der Waals surface area contributed by atoms with Gasteiger partial charge in [0.1, 0.15) is 5.75 Å². The first-order valence-corrected chi connectivity index (χ1v) is 7.28. The summed E-state index contributed by atoms with van der Waals surface area (Å²) >= 11 is 3.44. The van der Waals surface area contributed by atoms with E-state index in [0.717, 1.165) is 28.6 Å². The average Bonchev–Trinajstić information content (AvgIpc) is 2.37. The maximum atomic E-state index is 11.5. The van der Waals surface area contributed by atoms with Gasteiger partial charge < -0.3 is 15.8 Å². The van der Waals surface area contributed by atoms with Gasteiger partial charge in [-0.1, -0.05) is 6.07 Å². The zero-order valence-electron chi connectivity index (χ0n) is 11.7. The molecule has 3 N–H and O–H groups in total. The topological polar surface area (TPSA) is 64.3 Å². The number of amides is 1. The van der Waals surface area contributed by atoms with Crippen LogP contribution in [0, 0.1) is 6.92 Å². The third-order valence-corrected chi connectivity index (χ3v) is 3.25. The van der Waals surface area contributed by atoms with Crippen molar-refractivity contribution >= 4 is 34.2 Å². The summed E-state index contributed by atoms with van der Waals surface area (Å²) in [4.78, 5) is 11.5. The summed E-state index contributed by atoms with van der Waals surface area (Å²) in [5, 5.41) is 2.84. The molecule has 0 saturated heterocycles. The lowest BCUT2D eigenvalue weighted by Crippen LogP contribution is -2.26. The maximum Gasteiger partial charge on any atom is 0.223 e. The number of hydrogen-bond acceptors (Lipinski definition) is 3. The van der Waals surface area contributed by atoms with Crippen LogP contribution in [0.1, 0.15) is 24.8 Å². The first-order valence-electron chi connectivity index (χ1n) is 6.49. The molecule has 0 spiro atoms. The predicted octanol–water partition coefficient (Wildman–Crippen LogP) is 2.80. The fourth-order valence-electron chi connectivity index (χ4n) is 1.56. The number of nitrogens with one attached hydrogen (secondary N) is 1. The van der Waals surface area contributed by atoms with Crippen molar-refractivity contribution in [3.63, 3.8) is 0 Å². The van der Waals surface area contributed by atoms with Gasteiger partial charge in [0, 0.05) is 6.54 Å². The molecule has 1 aromatic carbocycles. The highest BCUT2D eigenvalue weighted by molar-refractivity contribution is 9.10. The van der Waals surface area contributed by atoms with E-state index in [2.05, 4.69) is 21.2 Å². The SMILES string of the molecule is Cc1ccc(OCCC(=O)NCCCCN)c(Br)c1.Cl. The van der Waals surface area contributed by atoms with E-state index in [9.17, 15) is 4.79 Å². The Morgan fingerprint density at radius 3 is 2.80 bits per heavy atom. The van der Waals surface area contributed by atoms with Crippen molar-refractivity contribution in [3.05, 3.63) is 28.2 Å². The number of unbranched alkanes of at least 4 members (excludes halogenated alkanes) is 1. The van der Waals surface area contributed by atoms with Crippen molar-refractivity contribution in [2.75, 3.05) is 19.7 Å². The van der Waals surface area contributed by atoms with Crippen LogP contribution in [0.3, 0.4) is 0 Å². The number of aryl methyl sites for hydroxylation is 1. The van der Waals surface area contributed by atoms with Crippen molar-refractivity contribution in [3.8, 4) is 5.75 Å². The molecule has 0 fully saturated rings. The molecule has 0 saturated carbocycles. The van der Waals surface area contributed by atoms with Crippen LogP contribution in [0.15, 0.2) is 22.7 Å². The van der Waals surface area contributed by atoms with Crippen molar-refractivity contribution in [1.82, 2.24) is 5.32 Å². The number of rotatable bonds is 8. The van der Waals surface area contributed by atoms with Crippen LogP contribution in [-0.4, -0.2) is 25.6 Å². The zero-order valence-corrected chi connectivity index (χ0v) is 14.1. The van der Waals surface area contributed by atoms with Gasteiger partial charge in [0.25, 0.3) is 0 Å². The molecule has 0 bridgehead atoms. The van der Waals surface area contributed by atoms with E-state index in [-0.39, 0.29) is 18.3 Å². The fraction of sp³-hybridized carbons (Fsp3) is 0.500. The summed E-state index contributed by atoms with van der Waals surface area (Å²) in [6, 6.07) is 5.87. The molecule has 0 aromatic heterocycles. The molecule has 0 unspecified atom stereocenters. The molecule has 1 rings (SSSR count). The molecule has 0 aliphatic heterocycles. The molecular weight excluding hydrogens is 344 g/mol. The molecule has 6 heteroatoms. The van der Waals surface area contributed by atoms with Gasteiger partial charge in [-0.2, -0.15) is 0 Å². The van der Waals surface area contributed by atoms with Crippen molar-refractivity contribution in [2.24, 2.45) is 5.73 Å². The lowest BCUT2D eigenvalue weighted by Gasteiger charge is -2.09. The number of ether oxygens (including phenoxy) is 1. The Balaban J connectivity index is 0.00000361. The third-order valence-electron chi connectivity index (χ3n) is 2.63. The van der Waals surface area contributed by atoms with E-state index in [1.54, 1.807) is 0 Å². The number of hydrogen-bond donors (Lipinski definition) is 2. The normalized spacial score (nSPS) is 9.75. The number of carbonyl (C=O) groups excluding carboxylic acids is 1. The number of halogens is 2. The van der Waals surface area contributed by atoms with Gasteiger partial charge in [-0.15, -0.1) is 12.4 Å². The number of benzene rings is 1. The Kier molecular flexibility index (Phi) is 10.5. The van der Waals surface area contributed by atoms with Crippen LogP contribution in [0.25, 0.3) is 0 Å². The van der Waals surface area contributed by atoms with Crippen LogP contribution in [0.5, 0.6) is 5.75 Å². The minimum atomic E-state index is 0. The number of carbonyl (C=O) groups is 1. The van der Waals surface area contributed by atoms with Crippen LogP contribution in [-0.2, 0) is 4.79 Å². The van der Waals surface area contributed by atoms with E-state index in [0.29, 0.717) is 26.1 Å². The zero-order chi connectivity index (χ0) is 14.1. The molecule has 1 aromatic rings. The molecule has 0 aliphatic carbocycles. The highest BCUT2D eigenvalue weighted by Gasteiger charge is 2.04. The van der Waals surface area contributed by atoms with Gasteiger partial charge in [0.2, 0.25) is 5.91 Å². The molecule has 0 atom stereocenters. The van der Waals surface area contributed by atoms with E-state index in [1.165, 1.54) is 0 Å². The second-order valence-electron chi connectivity index (χ2n) is 4.38. The monoisotopic (exact) mass is 364 g/mol. The van der Waals surface area contributed by atoms with E-state index >= 15 is 0 Å². The van der Waals surface area contributed by atoms with Gasteiger partial charge in [-0.25, -0.2) is 0 Å². The fourth-order valence-corrected chi connectivity index (χ4v) is 2.17. The summed E-state index contributed by atoms with van der Waals surface area (Å²) in [6.07, 6.45) is 2.22. The first kappa shape index (κ1) is 19.2.